The minimum atomic E-state index is 0.672. The second-order valence-electron chi connectivity index (χ2n) is 7.72. The molecule has 2 aromatic rings. The molecule has 1 aliphatic heterocycles. The molecule has 0 atom stereocenters. The van der Waals surface area contributed by atoms with Crippen LogP contribution in [0.25, 0.3) is 0 Å². The largest absolute Gasteiger partial charge is 0.372 e. The smallest absolute Gasteiger partial charge is 0.224 e. The highest BCUT2D eigenvalue weighted by Crippen LogP contribution is 2.25. The highest BCUT2D eigenvalue weighted by atomic mass is 15.1. The number of rotatable bonds is 7. The molecule has 0 amide bonds. The van der Waals surface area contributed by atoms with Gasteiger partial charge < -0.3 is 15.5 Å². The summed E-state index contributed by atoms with van der Waals surface area (Å²) in [6, 6.07) is 10.5. The molecule has 2 heterocycles. The van der Waals surface area contributed by atoms with Crippen LogP contribution in [0.1, 0.15) is 40.0 Å². The fourth-order valence-electron chi connectivity index (χ4n) is 3.16. The van der Waals surface area contributed by atoms with Gasteiger partial charge in [0.25, 0.3) is 0 Å². The molecule has 0 saturated carbocycles. The summed E-state index contributed by atoms with van der Waals surface area (Å²) in [5.74, 6) is 3.01. The molecular formula is C21H31N5. The standard InChI is InChI=1S/C21H31N5/c1-16(2)8-12-22-21-23-13-9-20(25-21)24-18-4-6-19(7-5-18)26-14-10-17(3)11-15-26/h4-7,9,13,16-17H,8,10-12,14-15H2,1-3H3,(H2,22,23,24,25). The average molecular weight is 354 g/mol. The van der Waals surface area contributed by atoms with Crippen LogP contribution in [0.3, 0.4) is 0 Å². The fourth-order valence-corrected chi connectivity index (χ4v) is 3.16. The summed E-state index contributed by atoms with van der Waals surface area (Å²) in [5.41, 5.74) is 2.35. The van der Waals surface area contributed by atoms with E-state index < -0.39 is 0 Å². The zero-order chi connectivity index (χ0) is 18.4. The highest BCUT2D eigenvalue weighted by Gasteiger charge is 2.15. The molecule has 3 rings (SSSR count). The Morgan fingerprint density at radius 2 is 1.85 bits per heavy atom. The van der Waals surface area contributed by atoms with E-state index in [0.717, 1.165) is 43.5 Å². The maximum Gasteiger partial charge on any atom is 0.224 e. The first-order valence-electron chi connectivity index (χ1n) is 9.79. The Balaban J connectivity index is 1.57. The average Bonchev–Trinajstić information content (AvgIpc) is 2.63. The maximum absolute atomic E-state index is 4.54. The van der Waals surface area contributed by atoms with Gasteiger partial charge in [-0.05, 0) is 61.4 Å². The molecule has 0 bridgehead atoms. The Morgan fingerprint density at radius 3 is 2.54 bits per heavy atom. The number of nitrogens with zero attached hydrogens (tertiary/aromatic N) is 3. The Bertz CT molecular complexity index is 675. The Hall–Kier alpha value is -2.30. The molecule has 0 aliphatic carbocycles. The Morgan fingerprint density at radius 1 is 1.12 bits per heavy atom. The topological polar surface area (TPSA) is 53.1 Å². The first-order chi connectivity index (χ1) is 12.6. The lowest BCUT2D eigenvalue weighted by atomic mass is 9.99. The van der Waals surface area contributed by atoms with Crippen molar-refractivity contribution in [3.8, 4) is 0 Å². The zero-order valence-electron chi connectivity index (χ0n) is 16.2. The van der Waals surface area contributed by atoms with E-state index in [1.54, 1.807) is 6.20 Å². The molecule has 2 N–H and O–H groups in total. The van der Waals surface area contributed by atoms with Crippen molar-refractivity contribution in [2.24, 2.45) is 11.8 Å². The van der Waals surface area contributed by atoms with Crippen LogP contribution in [-0.4, -0.2) is 29.6 Å². The zero-order valence-corrected chi connectivity index (χ0v) is 16.2. The second kappa shape index (κ2) is 8.88. The van der Waals surface area contributed by atoms with Crippen molar-refractivity contribution in [1.82, 2.24) is 9.97 Å². The molecule has 26 heavy (non-hydrogen) atoms. The monoisotopic (exact) mass is 353 g/mol. The summed E-state index contributed by atoms with van der Waals surface area (Å²) in [6.45, 7) is 9.99. The Labute approximate surface area is 157 Å². The van der Waals surface area contributed by atoms with E-state index in [0.29, 0.717) is 11.9 Å². The van der Waals surface area contributed by atoms with Gasteiger partial charge in [0, 0.05) is 37.2 Å². The summed E-state index contributed by atoms with van der Waals surface area (Å²) in [7, 11) is 0. The van der Waals surface area contributed by atoms with Gasteiger partial charge in [-0.15, -0.1) is 0 Å². The van der Waals surface area contributed by atoms with E-state index >= 15 is 0 Å². The van der Waals surface area contributed by atoms with E-state index in [2.05, 4.69) is 70.5 Å². The normalized spacial score (nSPS) is 15.3. The van der Waals surface area contributed by atoms with Crippen molar-refractivity contribution in [3.05, 3.63) is 36.5 Å². The molecule has 1 fully saturated rings. The molecule has 1 aliphatic rings. The molecule has 0 unspecified atom stereocenters. The molecule has 1 saturated heterocycles. The second-order valence-corrected chi connectivity index (χ2v) is 7.72. The number of piperidine rings is 1. The van der Waals surface area contributed by atoms with Crippen LogP contribution in [0.5, 0.6) is 0 Å². The van der Waals surface area contributed by atoms with Crippen molar-refractivity contribution in [2.75, 3.05) is 35.2 Å². The molecule has 5 nitrogen and oxygen atoms in total. The number of anilines is 4. The lowest BCUT2D eigenvalue weighted by Gasteiger charge is -2.32. The fraction of sp³-hybridized carbons (Fsp3) is 0.524. The van der Waals surface area contributed by atoms with Crippen LogP contribution in [0.15, 0.2) is 36.5 Å². The van der Waals surface area contributed by atoms with Crippen molar-refractivity contribution >= 4 is 23.1 Å². The van der Waals surface area contributed by atoms with E-state index in [-0.39, 0.29) is 0 Å². The van der Waals surface area contributed by atoms with Crippen LogP contribution >= 0.6 is 0 Å². The number of hydrogen-bond donors (Lipinski definition) is 2. The summed E-state index contributed by atoms with van der Waals surface area (Å²) >= 11 is 0. The molecule has 0 spiro atoms. The molecular weight excluding hydrogens is 322 g/mol. The van der Waals surface area contributed by atoms with Gasteiger partial charge in [-0.1, -0.05) is 20.8 Å². The van der Waals surface area contributed by atoms with Crippen molar-refractivity contribution in [3.63, 3.8) is 0 Å². The van der Waals surface area contributed by atoms with Crippen LogP contribution in [0.4, 0.5) is 23.1 Å². The first kappa shape index (κ1) is 18.5. The summed E-state index contributed by atoms with van der Waals surface area (Å²) in [6.07, 6.45) is 5.47. The van der Waals surface area contributed by atoms with Gasteiger partial charge in [0.15, 0.2) is 0 Å². The third-order valence-corrected chi connectivity index (χ3v) is 4.95. The van der Waals surface area contributed by atoms with Crippen molar-refractivity contribution in [2.45, 2.75) is 40.0 Å². The molecule has 140 valence electrons. The number of aromatic nitrogens is 2. The van der Waals surface area contributed by atoms with Crippen LogP contribution in [-0.2, 0) is 0 Å². The van der Waals surface area contributed by atoms with E-state index in [1.165, 1.54) is 18.5 Å². The predicted molar refractivity (Wildman–Crippen MR) is 110 cm³/mol. The summed E-state index contributed by atoms with van der Waals surface area (Å²) in [5, 5.41) is 6.66. The van der Waals surface area contributed by atoms with E-state index in [9.17, 15) is 0 Å². The van der Waals surface area contributed by atoms with E-state index in [4.69, 9.17) is 0 Å². The van der Waals surface area contributed by atoms with Gasteiger partial charge in [-0.2, -0.15) is 4.98 Å². The lowest BCUT2D eigenvalue weighted by Crippen LogP contribution is -2.32. The molecule has 0 radical (unpaired) electrons. The molecule has 5 heteroatoms. The van der Waals surface area contributed by atoms with Crippen molar-refractivity contribution in [1.29, 1.82) is 0 Å². The lowest BCUT2D eigenvalue weighted by molar-refractivity contribution is 0.438. The summed E-state index contributed by atoms with van der Waals surface area (Å²) in [4.78, 5) is 11.3. The number of hydrogen-bond acceptors (Lipinski definition) is 5. The van der Waals surface area contributed by atoms with Gasteiger partial charge in [0.05, 0.1) is 0 Å². The van der Waals surface area contributed by atoms with Crippen LogP contribution < -0.4 is 15.5 Å². The quantitative estimate of drug-likeness (QED) is 0.740. The SMILES string of the molecule is CC(C)CCNc1nccc(Nc2ccc(N3CCC(C)CC3)cc2)n1. The summed E-state index contributed by atoms with van der Waals surface area (Å²) < 4.78 is 0. The third-order valence-electron chi connectivity index (χ3n) is 4.95. The molecule has 1 aromatic carbocycles. The number of benzene rings is 1. The van der Waals surface area contributed by atoms with Gasteiger partial charge >= 0.3 is 0 Å². The van der Waals surface area contributed by atoms with Gasteiger partial charge in [-0.25, -0.2) is 4.98 Å². The first-order valence-corrected chi connectivity index (χ1v) is 9.79. The van der Waals surface area contributed by atoms with Crippen LogP contribution in [0, 0.1) is 11.8 Å². The van der Waals surface area contributed by atoms with Crippen LogP contribution in [0.2, 0.25) is 0 Å². The van der Waals surface area contributed by atoms with Gasteiger partial charge in [-0.3, -0.25) is 0 Å². The van der Waals surface area contributed by atoms with Gasteiger partial charge in [0.2, 0.25) is 5.95 Å². The maximum atomic E-state index is 4.54. The number of nitrogens with one attached hydrogen (secondary N) is 2. The van der Waals surface area contributed by atoms with E-state index in [1.807, 2.05) is 6.07 Å². The third kappa shape index (κ3) is 5.35. The predicted octanol–water partition coefficient (Wildman–Crippen LogP) is 4.91. The molecule has 1 aromatic heterocycles. The highest BCUT2D eigenvalue weighted by molar-refractivity contribution is 5.61. The van der Waals surface area contributed by atoms with Gasteiger partial charge in [0.1, 0.15) is 5.82 Å². The minimum absolute atomic E-state index is 0.672. The minimum Gasteiger partial charge on any atom is -0.372 e. The van der Waals surface area contributed by atoms with Crippen molar-refractivity contribution < 1.29 is 0 Å². The Kier molecular flexibility index (Phi) is 6.31.